The Kier molecular flexibility index (Phi) is 4.69. The molecule has 0 bridgehead atoms. The summed E-state index contributed by atoms with van der Waals surface area (Å²) in [5, 5.41) is 0. The van der Waals surface area contributed by atoms with Crippen molar-refractivity contribution >= 4 is 54.5 Å². The SMILES string of the molecule is C[Si](C)(CCl)C(Cl)=C(Cl)Cl. The van der Waals surface area contributed by atoms with Gasteiger partial charge in [0.2, 0.25) is 0 Å². The van der Waals surface area contributed by atoms with Gasteiger partial charge in [-0.2, -0.15) is 0 Å². The summed E-state index contributed by atoms with van der Waals surface area (Å²) in [5.41, 5.74) is 0.536. The largest absolute Gasteiger partial charge is 0.130 e. The van der Waals surface area contributed by atoms with E-state index < -0.39 is 8.07 Å². The third-order valence-electron chi connectivity index (χ3n) is 1.09. The van der Waals surface area contributed by atoms with Gasteiger partial charge in [-0.15, -0.1) is 11.6 Å². The monoisotopic (exact) mass is 236 g/mol. The molecule has 0 N–H and O–H groups in total. The second-order valence-electron chi connectivity index (χ2n) is 2.59. The Balaban J connectivity index is 4.49. The Bertz CT molecular complexity index is 148. The average molecular weight is 238 g/mol. The number of hydrogen-bond acceptors (Lipinski definition) is 0. The predicted octanol–water partition coefficient (Wildman–Crippen LogP) is 3.90. The third kappa shape index (κ3) is 3.01. The lowest BCUT2D eigenvalue weighted by molar-refractivity contribution is 1.70. The predicted molar refractivity (Wildman–Crippen MR) is 52.8 cm³/mol. The van der Waals surface area contributed by atoms with Crippen LogP contribution in [0.1, 0.15) is 0 Å². The van der Waals surface area contributed by atoms with Gasteiger partial charge in [-0.3, -0.25) is 0 Å². The van der Waals surface area contributed by atoms with Gasteiger partial charge in [-0.05, 0) is 0 Å². The maximum absolute atomic E-state index is 5.80. The lowest BCUT2D eigenvalue weighted by Crippen LogP contribution is -2.29. The lowest BCUT2D eigenvalue weighted by Gasteiger charge is -2.17. The van der Waals surface area contributed by atoms with Crippen LogP contribution in [0.25, 0.3) is 0 Å². The standard InChI is InChI=1S/C5H8Cl4Si/c1-10(2,3-6)5(9)4(7)8/h3H2,1-2H3. The Labute approximate surface area is 82.1 Å². The Morgan fingerprint density at radius 2 is 1.60 bits per heavy atom. The molecule has 0 unspecified atom stereocenters. The summed E-state index contributed by atoms with van der Waals surface area (Å²) in [7, 11) is -1.70. The molecule has 0 rings (SSSR count). The van der Waals surface area contributed by atoms with Crippen LogP contribution in [-0.4, -0.2) is 13.6 Å². The highest BCUT2D eigenvalue weighted by Crippen LogP contribution is 2.27. The first-order chi connectivity index (χ1) is 4.41. The molecule has 5 heteroatoms. The molecule has 0 aliphatic heterocycles. The minimum Gasteiger partial charge on any atom is -0.130 e. The molecule has 0 saturated heterocycles. The highest BCUT2D eigenvalue weighted by molar-refractivity contribution is 6.97. The molecule has 10 heavy (non-hydrogen) atoms. The molecule has 0 aromatic heterocycles. The van der Waals surface area contributed by atoms with Crippen LogP contribution >= 0.6 is 46.4 Å². The Morgan fingerprint density at radius 3 is 1.70 bits per heavy atom. The van der Waals surface area contributed by atoms with Crippen LogP contribution in [0.15, 0.2) is 9.15 Å². The first-order valence-corrected chi connectivity index (χ1v) is 7.56. The quantitative estimate of drug-likeness (QED) is 0.505. The van der Waals surface area contributed by atoms with E-state index >= 15 is 0 Å². The molecule has 0 heterocycles. The molecule has 0 aliphatic rings. The van der Waals surface area contributed by atoms with Crippen LogP contribution in [-0.2, 0) is 0 Å². The van der Waals surface area contributed by atoms with Gasteiger partial charge >= 0.3 is 0 Å². The van der Waals surface area contributed by atoms with Gasteiger partial charge in [-0.1, -0.05) is 47.9 Å². The van der Waals surface area contributed by atoms with E-state index in [4.69, 9.17) is 46.4 Å². The fraction of sp³-hybridized carbons (Fsp3) is 0.600. The Morgan fingerprint density at radius 1 is 1.20 bits per heavy atom. The van der Waals surface area contributed by atoms with E-state index in [-0.39, 0.29) is 4.49 Å². The van der Waals surface area contributed by atoms with Crippen molar-refractivity contribution in [3.05, 3.63) is 9.15 Å². The van der Waals surface area contributed by atoms with E-state index in [0.29, 0.717) is 10.2 Å². The zero-order valence-corrected chi connectivity index (χ0v) is 9.74. The second-order valence-corrected chi connectivity index (χ2v) is 9.57. The summed E-state index contributed by atoms with van der Waals surface area (Å²) in [6, 6.07) is 0. The topological polar surface area (TPSA) is 0 Å². The average Bonchev–Trinajstić information content (AvgIpc) is 1.86. The van der Waals surface area contributed by atoms with Gasteiger partial charge in [0.25, 0.3) is 0 Å². The first kappa shape index (κ1) is 11.1. The van der Waals surface area contributed by atoms with Crippen molar-refractivity contribution in [2.75, 3.05) is 5.50 Å². The fourth-order valence-corrected chi connectivity index (χ4v) is 3.28. The van der Waals surface area contributed by atoms with Crippen LogP contribution in [0.5, 0.6) is 0 Å². The summed E-state index contributed by atoms with van der Waals surface area (Å²) < 4.78 is 0.699. The molecule has 0 aromatic carbocycles. The van der Waals surface area contributed by atoms with E-state index in [2.05, 4.69) is 0 Å². The van der Waals surface area contributed by atoms with Crippen molar-refractivity contribution in [2.24, 2.45) is 0 Å². The van der Waals surface area contributed by atoms with Gasteiger partial charge in [0.1, 0.15) is 12.6 Å². The highest BCUT2D eigenvalue weighted by atomic mass is 35.5. The van der Waals surface area contributed by atoms with E-state index in [9.17, 15) is 0 Å². The lowest BCUT2D eigenvalue weighted by atomic mass is 11.2. The number of rotatable bonds is 2. The molecule has 0 saturated carbocycles. The van der Waals surface area contributed by atoms with Crippen molar-refractivity contribution in [1.29, 1.82) is 0 Å². The minimum absolute atomic E-state index is 0.152. The molecule has 0 fully saturated rings. The van der Waals surface area contributed by atoms with Crippen LogP contribution < -0.4 is 0 Å². The van der Waals surface area contributed by atoms with Gasteiger partial charge < -0.3 is 0 Å². The zero-order chi connectivity index (χ0) is 8.36. The second kappa shape index (κ2) is 4.22. The van der Waals surface area contributed by atoms with Crippen molar-refractivity contribution in [3.63, 3.8) is 0 Å². The summed E-state index contributed by atoms with van der Waals surface area (Å²) in [6.07, 6.45) is 0. The first-order valence-electron chi connectivity index (χ1n) is 2.69. The van der Waals surface area contributed by atoms with Gasteiger partial charge in [0.05, 0.1) is 0 Å². The van der Waals surface area contributed by atoms with Gasteiger partial charge in [0, 0.05) is 10.2 Å². The molecule has 0 nitrogen and oxygen atoms in total. The molecule has 0 atom stereocenters. The number of hydrogen-bond donors (Lipinski definition) is 0. The summed E-state index contributed by atoms with van der Waals surface area (Å²) in [6.45, 7) is 4.01. The van der Waals surface area contributed by atoms with Crippen molar-refractivity contribution in [2.45, 2.75) is 13.1 Å². The maximum Gasteiger partial charge on any atom is 0.117 e. The molecule has 0 aliphatic carbocycles. The van der Waals surface area contributed by atoms with Crippen LogP contribution in [0.4, 0.5) is 0 Å². The zero-order valence-electron chi connectivity index (χ0n) is 5.72. The van der Waals surface area contributed by atoms with E-state index in [0.717, 1.165) is 0 Å². The van der Waals surface area contributed by atoms with Crippen molar-refractivity contribution in [1.82, 2.24) is 0 Å². The van der Waals surface area contributed by atoms with Crippen LogP contribution in [0.2, 0.25) is 13.1 Å². The molecule has 60 valence electrons. The van der Waals surface area contributed by atoms with Gasteiger partial charge in [0.15, 0.2) is 0 Å². The minimum atomic E-state index is -1.70. The third-order valence-corrected chi connectivity index (χ3v) is 7.82. The van der Waals surface area contributed by atoms with Gasteiger partial charge in [-0.25, -0.2) is 0 Å². The summed E-state index contributed by atoms with van der Waals surface area (Å²) in [4.78, 5) is 0. The fourth-order valence-electron chi connectivity index (χ4n) is 0.314. The summed E-state index contributed by atoms with van der Waals surface area (Å²) in [5.74, 6) is 0. The Hall–Kier alpha value is 1.12. The van der Waals surface area contributed by atoms with E-state index in [1.54, 1.807) is 0 Å². The van der Waals surface area contributed by atoms with Crippen LogP contribution in [0, 0.1) is 0 Å². The highest BCUT2D eigenvalue weighted by Gasteiger charge is 2.25. The van der Waals surface area contributed by atoms with Crippen molar-refractivity contribution < 1.29 is 0 Å². The molecule has 0 aromatic rings. The molecule has 0 amide bonds. The molecular formula is C5H8Cl4Si. The smallest absolute Gasteiger partial charge is 0.117 e. The normalized spacial score (nSPS) is 11.4. The van der Waals surface area contributed by atoms with E-state index in [1.807, 2.05) is 13.1 Å². The van der Waals surface area contributed by atoms with Crippen LogP contribution in [0.3, 0.4) is 0 Å². The summed E-state index contributed by atoms with van der Waals surface area (Å²) >= 11 is 22.4. The maximum atomic E-state index is 5.80. The van der Waals surface area contributed by atoms with E-state index in [1.165, 1.54) is 0 Å². The molecule has 0 radical (unpaired) electrons. The molecule has 0 spiro atoms. The number of halogens is 4. The number of alkyl halides is 1. The molecular weight excluding hydrogens is 230 g/mol. The van der Waals surface area contributed by atoms with Crippen molar-refractivity contribution in [3.8, 4) is 0 Å².